The molecule has 0 radical (unpaired) electrons. The SMILES string of the molecule is CCCCCCCCCCCCOCC1(C)CC(O)C(O)C1. The monoisotopic (exact) mass is 314 g/mol. The summed E-state index contributed by atoms with van der Waals surface area (Å²) in [6, 6.07) is 0. The molecule has 0 amide bonds. The van der Waals surface area contributed by atoms with E-state index in [1.807, 2.05) is 0 Å². The minimum absolute atomic E-state index is 0.0443. The van der Waals surface area contributed by atoms with Gasteiger partial charge in [0.2, 0.25) is 0 Å². The van der Waals surface area contributed by atoms with Gasteiger partial charge in [-0.2, -0.15) is 0 Å². The average Bonchev–Trinajstić information content (AvgIpc) is 2.73. The van der Waals surface area contributed by atoms with Crippen molar-refractivity contribution in [2.45, 2.75) is 103 Å². The summed E-state index contributed by atoms with van der Waals surface area (Å²) in [6.45, 7) is 5.85. The van der Waals surface area contributed by atoms with E-state index in [-0.39, 0.29) is 5.41 Å². The normalized spacial score (nSPS) is 28.4. The van der Waals surface area contributed by atoms with E-state index in [4.69, 9.17) is 4.74 Å². The molecule has 22 heavy (non-hydrogen) atoms. The molecule has 1 saturated carbocycles. The summed E-state index contributed by atoms with van der Waals surface area (Å²) in [5, 5.41) is 19.2. The van der Waals surface area contributed by atoms with Crippen LogP contribution in [-0.2, 0) is 4.74 Å². The zero-order valence-electron chi connectivity index (χ0n) is 14.9. The largest absolute Gasteiger partial charge is 0.390 e. The van der Waals surface area contributed by atoms with E-state index < -0.39 is 12.2 Å². The molecule has 3 heteroatoms. The van der Waals surface area contributed by atoms with Gasteiger partial charge in [-0.05, 0) is 24.7 Å². The van der Waals surface area contributed by atoms with Crippen LogP contribution in [0.1, 0.15) is 90.9 Å². The molecule has 1 aliphatic rings. The second-order valence-electron chi connectivity index (χ2n) is 7.59. The summed E-state index contributed by atoms with van der Waals surface area (Å²) < 4.78 is 5.77. The van der Waals surface area contributed by atoms with Crippen molar-refractivity contribution in [2.24, 2.45) is 5.41 Å². The van der Waals surface area contributed by atoms with Crippen molar-refractivity contribution in [3.05, 3.63) is 0 Å². The first-order valence-corrected chi connectivity index (χ1v) is 9.51. The number of hydrogen-bond acceptors (Lipinski definition) is 3. The van der Waals surface area contributed by atoms with Crippen LogP contribution in [0, 0.1) is 5.41 Å². The Balaban J connectivity index is 1.84. The molecule has 0 aromatic heterocycles. The van der Waals surface area contributed by atoms with Crippen molar-refractivity contribution in [1.29, 1.82) is 0 Å². The van der Waals surface area contributed by atoms with Gasteiger partial charge in [0.1, 0.15) is 0 Å². The number of aliphatic hydroxyl groups excluding tert-OH is 2. The molecule has 0 aromatic carbocycles. The van der Waals surface area contributed by atoms with Crippen LogP contribution in [0.2, 0.25) is 0 Å². The molecule has 2 atom stereocenters. The van der Waals surface area contributed by atoms with Crippen LogP contribution in [0.25, 0.3) is 0 Å². The van der Waals surface area contributed by atoms with Crippen LogP contribution in [0.5, 0.6) is 0 Å². The summed E-state index contributed by atoms with van der Waals surface area (Å²) in [4.78, 5) is 0. The molecule has 1 fully saturated rings. The molecular formula is C19H38O3. The molecule has 0 spiro atoms. The van der Waals surface area contributed by atoms with Gasteiger partial charge in [0.25, 0.3) is 0 Å². The highest BCUT2D eigenvalue weighted by molar-refractivity contribution is 4.91. The summed E-state index contributed by atoms with van der Waals surface area (Å²) in [7, 11) is 0. The van der Waals surface area contributed by atoms with E-state index in [9.17, 15) is 10.2 Å². The molecule has 132 valence electrons. The van der Waals surface area contributed by atoms with E-state index in [0.29, 0.717) is 19.4 Å². The molecule has 0 bridgehead atoms. The van der Waals surface area contributed by atoms with Crippen molar-refractivity contribution in [1.82, 2.24) is 0 Å². The van der Waals surface area contributed by atoms with Gasteiger partial charge in [-0.3, -0.25) is 0 Å². The van der Waals surface area contributed by atoms with Gasteiger partial charge >= 0.3 is 0 Å². The van der Waals surface area contributed by atoms with E-state index >= 15 is 0 Å². The maximum Gasteiger partial charge on any atom is 0.0805 e. The van der Waals surface area contributed by atoms with Crippen molar-refractivity contribution in [3.63, 3.8) is 0 Å². The Morgan fingerprint density at radius 1 is 0.818 bits per heavy atom. The third kappa shape index (κ3) is 8.50. The summed E-state index contributed by atoms with van der Waals surface area (Å²) in [5.41, 5.74) is -0.0443. The predicted molar refractivity (Wildman–Crippen MR) is 92.0 cm³/mol. The summed E-state index contributed by atoms with van der Waals surface area (Å²) in [6.07, 6.45) is 13.6. The van der Waals surface area contributed by atoms with Crippen LogP contribution in [-0.4, -0.2) is 35.6 Å². The fraction of sp³-hybridized carbons (Fsp3) is 1.00. The maximum absolute atomic E-state index is 9.62. The fourth-order valence-electron chi connectivity index (χ4n) is 3.49. The van der Waals surface area contributed by atoms with Crippen LogP contribution in [0.3, 0.4) is 0 Å². The minimum atomic E-state index is -0.564. The molecule has 0 aliphatic heterocycles. The predicted octanol–water partition coefficient (Wildman–Crippen LogP) is 4.45. The summed E-state index contributed by atoms with van der Waals surface area (Å²) >= 11 is 0. The third-order valence-corrected chi connectivity index (χ3v) is 4.94. The van der Waals surface area contributed by atoms with Crippen LogP contribution >= 0.6 is 0 Å². The number of hydrogen-bond donors (Lipinski definition) is 2. The van der Waals surface area contributed by atoms with Gasteiger partial charge in [0.15, 0.2) is 0 Å². The standard InChI is InChI=1S/C19H38O3/c1-3-4-5-6-7-8-9-10-11-12-13-22-16-19(2)14-17(20)18(21)15-19/h17-18,20-21H,3-16H2,1-2H3. The Kier molecular flexibility index (Phi) is 10.3. The lowest BCUT2D eigenvalue weighted by molar-refractivity contribution is 0.0438. The maximum atomic E-state index is 9.62. The van der Waals surface area contributed by atoms with Gasteiger partial charge in [-0.1, -0.05) is 71.6 Å². The molecule has 2 unspecified atom stereocenters. The summed E-state index contributed by atoms with van der Waals surface area (Å²) in [5.74, 6) is 0. The van der Waals surface area contributed by atoms with E-state index in [1.54, 1.807) is 0 Å². The zero-order valence-corrected chi connectivity index (χ0v) is 14.9. The smallest absolute Gasteiger partial charge is 0.0805 e. The van der Waals surface area contributed by atoms with E-state index in [2.05, 4.69) is 13.8 Å². The molecular weight excluding hydrogens is 276 g/mol. The third-order valence-electron chi connectivity index (χ3n) is 4.94. The quantitative estimate of drug-likeness (QED) is 0.494. The van der Waals surface area contributed by atoms with Crippen LogP contribution in [0.15, 0.2) is 0 Å². The lowest BCUT2D eigenvalue weighted by atomic mass is 9.90. The first-order chi connectivity index (χ1) is 10.6. The molecule has 1 rings (SSSR count). The van der Waals surface area contributed by atoms with E-state index in [0.717, 1.165) is 13.0 Å². The lowest BCUT2D eigenvalue weighted by Crippen LogP contribution is -2.21. The van der Waals surface area contributed by atoms with Crippen molar-refractivity contribution in [3.8, 4) is 0 Å². The van der Waals surface area contributed by atoms with Crippen molar-refractivity contribution < 1.29 is 14.9 Å². The Morgan fingerprint density at radius 3 is 1.77 bits per heavy atom. The number of unbranched alkanes of at least 4 members (excludes halogenated alkanes) is 9. The van der Waals surface area contributed by atoms with Gasteiger partial charge in [-0.15, -0.1) is 0 Å². The molecule has 2 N–H and O–H groups in total. The van der Waals surface area contributed by atoms with Crippen molar-refractivity contribution >= 4 is 0 Å². The second-order valence-corrected chi connectivity index (χ2v) is 7.59. The van der Waals surface area contributed by atoms with Crippen LogP contribution < -0.4 is 0 Å². The minimum Gasteiger partial charge on any atom is -0.390 e. The number of rotatable bonds is 13. The zero-order chi connectivity index (χ0) is 16.3. The molecule has 0 saturated heterocycles. The highest BCUT2D eigenvalue weighted by atomic mass is 16.5. The highest BCUT2D eigenvalue weighted by Gasteiger charge is 2.40. The Bertz CT molecular complexity index is 257. The fourth-order valence-corrected chi connectivity index (χ4v) is 3.49. The van der Waals surface area contributed by atoms with Crippen molar-refractivity contribution in [2.75, 3.05) is 13.2 Å². The van der Waals surface area contributed by atoms with Gasteiger partial charge in [0, 0.05) is 6.61 Å². The topological polar surface area (TPSA) is 49.7 Å². The Morgan fingerprint density at radius 2 is 1.27 bits per heavy atom. The van der Waals surface area contributed by atoms with E-state index in [1.165, 1.54) is 57.8 Å². The van der Waals surface area contributed by atoms with Gasteiger partial charge in [-0.25, -0.2) is 0 Å². The number of aliphatic hydroxyl groups is 2. The van der Waals surface area contributed by atoms with Crippen LogP contribution in [0.4, 0.5) is 0 Å². The molecule has 0 heterocycles. The first kappa shape index (κ1) is 19.9. The number of ether oxygens (including phenoxy) is 1. The Hall–Kier alpha value is -0.120. The second kappa shape index (κ2) is 11.4. The first-order valence-electron chi connectivity index (χ1n) is 9.51. The molecule has 1 aliphatic carbocycles. The lowest BCUT2D eigenvalue weighted by Gasteiger charge is -2.23. The average molecular weight is 315 g/mol. The molecule has 0 aromatic rings. The van der Waals surface area contributed by atoms with Gasteiger partial charge in [0.05, 0.1) is 18.8 Å². The highest BCUT2D eigenvalue weighted by Crippen LogP contribution is 2.38. The Labute approximate surface area is 137 Å². The van der Waals surface area contributed by atoms with Gasteiger partial charge < -0.3 is 14.9 Å². The molecule has 3 nitrogen and oxygen atoms in total.